The number of amides is 1. The zero-order chi connectivity index (χ0) is 11.1. The molecule has 1 amide bonds. The zero-order valence-electron chi connectivity index (χ0n) is 8.46. The van der Waals surface area contributed by atoms with Crippen LogP contribution in [-0.4, -0.2) is 24.6 Å². The van der Waals surface area contributed by atoms with Gasteiger partial charge in [-0.1, -0.05) is 0 Å². The maximum Gasteiger partial charge on any atom is 0.226 e. The van der Waals surface area contributed by atoms with Crippen LogP contribution < -0.4 is 5.32 Å². The number of halogens is 1. The normalized spacial score (nSPS) is 10.3. The Kier molecular flexibility index (Phi) is 5.60. The van der Waals surface area contributed by atoms with E-state index >= 15 is 0 Å². The molecule has 0 aliphatic heterocycles. The summed E-state index contributed by atoms with van der Waals surface area (Å²) >= 11 is 6.98. The molecule has 1 rings (SSSR count). The number of hydrogen-bond donors (Lipinski definition) is 1. The van der Waals surface area contributed by atoms with E-state index in [1.54, 1.807) is 7.11 Å². The first-order valence-corrected chi connectivity index (χ1v) is 5.97. The Bertz CT molecular complexity index is 317. The summed E-state index contributed by atoms with van der Waals surface area (Å²) in [4.78, 5) is 15.5. The minimum atomic E-state index is -0.0393. The summed E-state index contributed by atoms with van der Waals surface area (Å²) in [6.07, 6.45) is 1.17. The summed E-state index contributed by atoms with van der Waals surface area (Å²) in [7, 11) is 1.62. The number of rotatable bonds is 6. The Morgan fingerprint density at radius 1 is 1.73 bits per heavy atom. The molecule has 15 heavy (non-hydrogen) atoms. The highest BCUT2D eigenvalue weighted by Gasteiger charge is 2.05. The second-order valence-electron chi connectivity index (χ2n) is 2.92. The predicted molar refractivity (Wildman–Crippen MR) is 61.4 cm³/mol. The minimum Gasteiger partial charge on any atom is -0.385 e. The Labute approximate surface area is 97.6 Å². The van der Waals surface area contributed by atoms with Crippen LogP contribution >= 0.6 is 22.9 Å². The number of aromatic nitrogens is 1. The molecule has 1 aromatic heterocycles. The van der Waals surface area contributed by atoms with E-state index in [9.17, 15) is 4.79 Å². The number of ether oxygens (including phenoxy) is 1. The van der Waals surface area contributed by atoms with Crippen molar-refractivity contribution in [3.05, 3.63) is 11.1 Å². The summed E-state index contributed by atoms with van der Waals surface area (Å²) in [6, 6.07) is 0. The van der Waals surface area contributed by atoms with Gasteiger partial charge in [0.05, 0.1) is 11.6 Å². The lowest BCUT2D eigenvalue weighted by atomic mass is 10.3. The van der Waals surface area contributed by atoms with Gasteiger partial charge >= 0.3 is 0 Å². The highest BCUT2D eigenvalue weighted by atomic mass is 35.5. The molecule has 0 aliphatic carbocycles. The van der Waals surface area contributed by atoms with E-state index in [0.29, 0.717) is 24.0 Å². The van der Waals surface area contributed by atoms with Crippen molar-refractivity contribution in [2.24, 2.45) is 0 Å². The van der Waals surface area contributed by atoms with E-state index in [0.717, 1.165) is 12.1 Å². The van der Waals surface area contributed by atoms with Gasteiger partial charge in [-0.05, 0) is 6.42 Å². The zero-order valence-corrected chi connectivity index (χ0v) is 10.0. The average Bonchev–Trinajstić information content (AvgIpc) is 2.66. The van der Waals surface area contributed by atoms with Gasteiger partial charge < -0.3 is 10.1 Å². The average molecular weight is 249 g/mol. The van der Waals surface area contributed by atoms with E-state index in [4.69, 9.17) is 16.3 Å². The van der Waals surface area contributed by atoms with Gasteiger partial charge in [-0.25, -0.2) is 4.98 Å². The number of nitrogens with zero attached hydrogens (tertiary/aromatic N) is 1. The van der Waals surface area contributed by atoms with Crippen molar-refractivity contribution in [1.82, 2.24) is 4.98 Å². The van der Waals surface area contributed by atoms with Crippen LogP contribution in [0.3, 0.4) is 0 Å². The van der Waals surface area contributed by atoms with Crippen molar-refractivity contribution in [2.45, 2.75) is 18.7 Å². The second-order valence-corrected chi connectivity index (χ2v) is 4.05. The van der Waals surface area contributed by atoms with Crippen molar-refractivity contribution >= 4 is 34.0 Å². The van der Waals surface area contributed by atoms with E-state index in [2.05, 4.69) is 10.3 Å². The topological polar surface area (TPSA) is 51.2 Å². The maximum atomic E-state index is 11.4. The van der Waals surface area contributed by atoms with Gasteiger partial charge in [0.15, 0.2) is 5.13 Å². The van der Waals surface area contributed by atoms with Crippen LogP contribution in [0.2, 0.25) is 0 Å². The highest BCUT2D eigenvalue weighted by Crippen LogP contribution is 2.16. The summed E-state index contributed by atoms with van der Waals surface area (Å²) in [5.74, 6) is 0.332. The van der Waals surface area contributed by atoms with Gasteiger partial charge in [-0.2, -0.15) is 0 Å². The molecule has 0 aliphatic rings. The molecule has 0 atom stereocenters. The molecular formula is C9H13ClN2O2S. The van der Waals surface area contributed by atoms with Crippen molar-refractivity contribution in [3.63, 3.8) is 0 Å². The fourth-order valence-electron chi connectivity index (χ4n) is 0.985. The lowest BCUT2D eigenvalue weighted by Crippen LogP contribution is -2.11. The number of carbonyl (C=O) groups is 1. The maximum absolute atomic E-state index is 11.4. The molecule has 0 radical (unpaired) electrons. The third-order valence-corrected chi connectivity index (χ3v) is 2.77. The largest absolute Gasteiger partial charge is 0.385 e. The SMILES string of the molecule is COCCCC(=O)Nc1nc(CCl)cs1. The van der Waals surface area contributed by atoms with Gasteiger partial charge in [-0.15, -0.1) is 22.9 Å². The van der Waals surface area contributed by atoms with Crippen molar-refractivity contribution in [1.29, 1.82) is 0 Å². The quantitative estimate of drug-likeness (QED) is 0.621. The van der Waals surface area contributed by atoms with Gasteiger partial charge in [0.25, 0.3) is 0 Å². The van der Waals surface area contributed by atoms with E-state index in [-0.39, 0.29) is 5.91 Å². The molecule has 84 valence electrons. The number of hydrogen-bond acceptors (Lipinski definition) is 4. The number of nitrogens with one attached hydrogen (secondary N) is 1. The fraction of sp³-hybridized carbons (Fsp3) is 0.556. The molecule has 0 saturated heterocycles. The lowest BCUT2D eigenvalue weighted by Gasteiger charge is -2.00. The molecule has 4 nitrogen and oxygen atoms in total. The molecule has 0 unspecified atom stereocenters. The third kappa shape index (κ3) is 4.59. The van der Waals surface area contributed by atoms with Crippen LogP contribution in [0.25, 0.3) is 0 Å². The van der Waals surface area contributed by atoms with Gasteiger partial charge in [0, 0.05) is 25.5 Å². The Hall–Kier alpha value is -0.650. The Morgan fingerprint density at radius 2 is 2.53 bits per heavy atom. The predicted octanol–water partition coefficient (Wildman–Crippen LogP) is 2.25. The van der Waals surface area contributed by atoms with Crippen molar-refractivity contribution in [3.8, 4) is 0 Å². The summed E-state index contributed by atoms with van der Waals surface area (Å²) in [5, 5.41) is 5.15. The number of carbonyl (C=O) groups excluding carboxylic acids is 1. The van der Waals surface area contributed by atoms with Crippen LogP contribution in [0.1, 0.15) is 18.5 Å². The van der Waals surface area contributed by atoms with Crippen LogP contribution in [0.15, 0.2) is 5.38 Å². The van der Waals surface area contributed by atoms with Crippen LogP contribution in [0.5, 0.6) is 0 Å². The molecule has 0 aromatic carbocycles. The number of alkyl halides is 1. The first-order valence-electron chi connectivity index (χ1n) is 4.55. The van der Waals surface area contributed by atoms with E-state index in [1.165, 1.54) is 11.3 Å². The van der Waals surface area contributed by atoms with Crippen molar-refractivity contribution < 1.29 is 9.53 Å². The first kappa shape index (κ1) is 12.4. The highest BCUT2D eigenvalue weighted by molar-refractivity contribution is 7.13. The molecular weight excluding hydrogens is 236 g/mol. The van der Waals surface area contributed by atoms with Crippen LogP contribution in [0, 0.1) is 0 Å². The molecule has 6 heteroatoms. The standard InChI is InChI=1S/C9H13ClN2O2S/c1-14-4-2-3-8(13)12-9-11-7(5-10)6-15-9/h6H,2-5H2,1H3,(H,11,12,13). The Morgan fingerprint density at radius 3 is 3.13 bits per heavy atom. The third-order valence-electron chi connectivity index (χ3n) is 1.69. The Balaban J connectivity index is 2.31. The molecule has 1 aromatic rings. The molecule has 1 N–H and O–H groups in total. The van der Waals surface area contributed by atoms with Gasteiger partial charge in [-0.3, -0.25) is 4.79 Å². The molecule has 0 spiro atoms. The number of thiazole rings is 1. The summed E-state index contributed by atoms with van der Waals surface area (Å²) in [5.41, 5.74) is 0.786. The monoisotopic (exact) mass is 248 g/mol. The summed E-state index contributed by atoms with van der Waals surface area (Å²) in [6.45, 7) is 0.595. The molecule has 0 fully saturated rings. The van der Waals surface area contributed by atoms with E-state index < -0.39 is 0 Å². The number of anilines is 1. The number of methoxy groups -OCH3 is 1. The van der Waals surface area contributed by atoms with Gasteiger partial charge in [0.2, 0.25) is 5.91 Å². The fourth-order valence-corrected chi connectivity index (χ4v) is 1.94. The summed E-state index contributed by atoms with van der Waals surface area (Å²) < 4.78 is 4.85. The van der Waals surface area contributed by atoms with Crippen LogP contribution in [0.4, 0.5) is 5.13 Å². The van der Waals surface area contributed by atoms with Crippen molar-refractivity contribution in [2.75, 3.05) is 19.0 Å². The van der Waals surface area contributed by atoms with Crippen LogP contribution in [-0.2, 0) is 15.4 Å². The van der Waals surface area contributed by atoms with E-state index in [1.807, 2.05) is 5.38 Å². The first-order chi connectivity index (χ1) is 7.26. The minimum absolute atomic E-state index is 0.0393. The molecule has 0 saturated carbocycles. The van der Waals surface area contributed by atoms with Gasteiger partial charge in [0.1, 0.15) is 0 Å². The molecule has 1 heterocycles. The molecule has 0 bridgehead atoms. The second kappa shape index (κ2) is 6.76. The lowest BCUT2D eigenvalue weighted by molar-refractivity contribution is -0.116. The smallest absolute Gasteiger partial charge is 0.226 e.